The van der Waals surface area contributed by atoms with Crippen LogP contribution in [0.5, 0.6) is 0 Å². The van der Waals surface area contributed by atoms with Crippen LogP contribution in [0.1, 0.15) is 22.9 Å². The molecule has 24 heavy (non-hydrogen) atoms. The van der Waals surface area contributed by atoms with Crippen molar-refractivity contribution in [3.8, 4) is 0 Å². The van der Waals surface area contributed by atoms with Crippen LogP contribution in [0.3, 0.4) is 0 Å². The fourth-order valence-electron chi connectivity index (χ4n) is 3.22. The number of carbonyl (C=O) groups excluding carboxylic acids is 1. The average molecular weight is 332 g/mol. The maximum absolute atomic E-state index is 12.6. The Morgan fingerprint density at radius 3 is 3.00 bits per heavy atom. The summed E-state index contributed by atoms with van der Waals surface area (Å²) in [6.45, 7) is 3.19. The van der Waals surface area contributed by atoms with Crippen LogP contribution in [0.2, 0.25) is 0 Å². The summed E-state index contributed by atoms with van der Waals surface area (Å²) < 4.78 is 8.76. The molecule has 3 heterocycles. The molecule has 1 N–H and O–H groups in total. The minimum Gasteiger partial charge on any atom is -0.383 e. The summed E-state index contributed by atoms with van der Waals surface area (Å²) in [5.41, 5.74) is 3.11. The van der Waals surface area contributed by atoms with E-state index < -0.39 is 0 Å². The number of nitrogens with zero attached hydrogens (tertiary/aromatic N) is 5. The van der Waals surface area contributed by atoms with Gasteiger partial charge in [0.15, 0.2) is 0 Å². The van der Waals surface area contributed by atoms with E-state index in [4.69, 9.17) is 4.74 Å². The van der Waals surface area contributed by atoms with Gasteiger partial charge in [0.25, 0.3) is 0 Å². The smallest absolute Gasteiger partial charge is 0.230 e. The zero-order valence-corrected chi connectivity index (χ0v) is 14.4. The Labute approximate surface area is 141 Å². The normalized spacial score (nSPS) is 17.7. The molecule has 0 saturated carbocycles. The van der Waals surface area contributed by atoms with Crippen molar-refractivity contribution in [1.29, 1.82) is 0 Å². The monoisotopic (exact) mass is 332 g/mol. The molecule has 8 heteroatoms. The first-order valence-electron chi connectivity index (χ1n) is 8.05. The second-order valence-corrected chi connectivity index (χ2v) is 6.22. The van der Waals surface area contributed by atoms with Crippen molar-refractivity contribution in [3.05, 3.63) is 35.7 Å². The fourth-order valence-corrected chi connectivity index (χ4v) is 3.22. The van der Waals surface area contributed by atoms with E-state index in [1.807, 2.05) is 31.1 Å². The Morgan fingerprint density at radius 1 is 1.46 bits per heavy atom. The van der Waals surface area contributed by atoms with Crippen molar-refractivity contribution in [1.82, 2.24) is 29.5 Å². The van der Waals surface area contributed by atoms with Gasteiger partial charge in [0, 0.05) is 59.1 Å². The number of nitrogens with one attached hydrogen (secondary N) is 1. The lowest BCUT2D eigenvalue weighted by atomic mass is 9.97. The minimum atomic E-state index is -0.227. The van der Waals surface area contributed by atoms with E-state index >= 15 is 0 Å². The summed E-state index contributed by atoms with van der Waals surface area (Å²) in [5, 5.41) is 7.16. The molecule has 0 fully saturated rings. The third kappa shape index (κ3) is 3.49. The predicted octanol–water partition coefficient (Wildman–Crippen LogP) is 0.0156. The highest BCUT2D eigenvalue weighted by Gasteiger charge is 2.33. The zero-order chi connectivity index (χ0) is 17.1. The first kappa shape index (κ1) is 16.7. The van der Waals surface area contributed by atoms with Crippen molar-refractivity contribution in [2.45, 2.75) is 19.0 Å². The van der Waals surface area contributed by atoms with E-state index in [0.29, 0.717) is 19.7 Å². The third-order valence-corrected chi connectivity index (χ3v) is 4.29. The molecule has 0 unspecified atom stereocenters. The van der Waals surface area contributed by atoms with Crippen molar-refractivity contribution in [2.75, 3.05) is 26.8 Å². The van der Waals surface area contributed by atoms with Gasteiger partial charge in [-0.1, -0.05) is 0 Å². The standard InChI is InChI=1S/C16H24N6O2/c1-20-11-18-14-10-22(8-12-6-19-21(2)7-12)9-13(15(14)20)16(23)17-4-5-24-3/h6-7,11,13H,4-5,8-10H2,1-3H3,(H,17,23)/t13-/m1/s1. The summed E-state index contributed by atoms with van der Waals surface area (Å²) in [6, 6.07) is 0. The number of hydrogen-bond acceptors (Lipinski definition) is 5. The lowest BCUT2D eigenvalue weighted by molar-refractivity contribution is -0.123. The van der Waals surface area contributed by atoms with Crippen molar-refractivity contribution in [2.24, 2.45) is 14.1 Å². The topological polar surface area (TPSA) is 77.2 Å². The number of carbonyl (C=O) groups is 1. The van der Waals surface area contributed by atoms with Gasteiger partial charge in [-0.05, 0) is 0 Å². The molecule has 1 aliphatic rings. The lowest BCUT2D eigenvalue weighted by Crippen LogP contribution is -2.42. The highest BCUT2D eigenvalue weighted by atomic mass is 16.5. The van der Waals surface area contributed by atoms with Gasteiger partial charge < -0.3 is 14.6 Å². The first-order chi connectivity index (χ1) is 11.6. The van der Waals surface area contributed by atoms with Gasteiger partial charge in [0.1, 0.15) is 0 Å². The second-order valence-electron chi connectivity index (χ2n) is 6.22. The molecule has 1 amide bonds. The average Bonchev–Trinajstić information content (AvgIpc) is 3.13. The molecule has 0 aliphatic carbocycles. The molecule has 2 aromatic rings. The minimum absolute atomic E-state index is 0.0211. The number of fused-ring (bicyclic) bond motifs is 1. The molecule has 8 nitrogen and oxygen atoms in total. The van der Waals surface area contributed by atoms with Gasteiger partial charge in [-0.3, -0.25) is 14.4 Å². The maximum Gasteiger partial charge on any atom is 0.230 e. The van der Waals surface area contributed by atoms with Crippen LogP contribution in [0, 0.1) is 0 Å². The van der Waals surface area contributed by atoms with Crippen molar-refractivity contribution in [3.63, 3.8) is 0 Å². The van der Waals surface area contributed by atoms with E-state index in [1.165, 1.54) is 0 Å². The Kier molecular flexibility index (Phi) is 4.96. The molecule has 1 aliphatic heterocycles. The van der Waals surface area contributed by atoms with E-state index in [9.17, 15) is 4.79 Å². The van der Waals surface area contributed by atoms with Gasteiger partial charge in [-0.25, -0.2) is 4.98 Å². The number of aryl methyl sites for hydroxylation is 2. The number of ether oxygens (including phenoxy) is 1. The highest BCUT2D eigenvalue weighted by molar-refractivity contribution is 5.84. The summed E-state index contributed by atoms with van der Waals surface area (Å²) in [6.07, 6.45) is 5.65. The Bertz CT molecular complexity index is 707. The number of hydrogen-bond donors (Lipinski definition) is 1. The molecular weight excluding hydrogens is 308 g/mol. The summed E-state index contributed by atoms with van der Waals surface area (Å²) in [4.78, 5) is 19.4. The molecule has 2 aromatic heterocycles. The highest BCUT2D eigenvalue weighted by Crippen LogP contribution is 2.28. The summed E-state index contributed by atoms with van der Waals surface area (Å²) >= 11 is 0. The van der Waals surface area contributed by atoms with E-state index in [1.54, 1.807) is 18.1 Å². The van der Waals surface area contributed by atoms with Crippen LogP contribution >= 0.6 is 0 Å². The van der Waals surface area contributed by atoms with Crippen LogP contribution in [0.15, 0.2) is 18.7 Å². The fraction of sp³-hybridized carbons (Fsp3) is 0.562. The second kappa shape index (κ2) is 7.14. The number of rotatable bonds is 6. The van der Waals surface area contributed by atoms with Crippen LogP contribution < -0.4 is 5.32 Å². The van der Waals surface area contributed by atoms with E-state index in [-0.39, 0.29) is 11.8 Å². The molecule has 130 valence electrons. The van der Waals surface area contributed by atoms with Gasteiger partial charge in [-0.2, -0.15) is 5.10 Å². The lowest BCUT2D eigenvalue weighted by Gasteiger charge is -2.32. The predicted molar refractivity (Wildman–Crippen MR) is 88.2 cm³/mol. The Morgan fingerprint density at radius 2 is 2.29 bits per heavy atom. The van der Waals surface area contributed by atoms with Gasteiger partial charge >= 0.3 is 0 Å². The molecule has 1 atom stereocenters. The number of methoxy groups -OCH3 is 1. The van der Waals surface area contributed by atoms with Crippen LogP contribution in [0.4, 0.5) is 0 Å². The van der Waals surface area contributed by atoms with Crippen LogP contribution in [0.25, 0.3) is 0 Å². The zero-order valence-electron chi connectivity index (χ0n) is 14.4. The molecule has 0 spiro atoms. The quantitative estimate of drug-likeness (QED) is 0.755. The van der Waals surface area contributed by atoms with Crippen LogP contribution in [-0.4, -0.2) is 56.9 Å². The number of aromatic nitrogens is 4. The molecule has 0 aromatic carbocycles. The number of amides is 1. The molecule has 0 saturated heterocycles. The number of imidazole rings is 1. The van der Waals surface area contributed by atoms with Gasteiger partial charge in [-0.15, -0.1) is 0 Å². The van der Waals surface area contributed by atoms with Crippen molar-refractivity contribution < 1.29 is 9.53 Å². The summed E-state index contributed by atoms with van der Waals surface area (Å²) in [5.74, 6) is -0.206. The SMILES string of the molecule is COCCNC(=O)[C@@H]1CN(Cc2cnn(C)c2)Cc2ncn(C)c21. The largest absolute Gasteiger partial charge is 0.383 e. The van der Waals surface area contributed by atoms with Gasteiger partial charge in [0.2, 0.25) is 5.91 Å². The molecule has 0 radical (unpaired) electrons. The molecular formula is C16H24N6O2. The van der Waals surface area contributed by atoms with Crippen LogP contribution in [-0.2, 0) is 36.7 Å². The maximum atomic E-state index is 12.6. The molecule has 3 rings (SSSR count). The molecule has 0 bridgehead atoms. The first-order valence-corrected chi connectivity index (χ1v) is 8.05. The van der Waals surface area contributed by atoms with E-state index in [2.05, 4.69) is 20.3 Å². The van der Waals surface area contributed by atoms with Gasteiger partial charge in [0.05, 0.1) is 36.4 Å². The Hall–Kier alpha value is -2.19. The third-order valence-electron chi connectivity index (χ3n) is 4.29. The Balaban J connectivity index is 1.76. The van der Waals surface area contributed by atoms with Crippen molar-refractivity contribution >= 4 is 5.91 Å². The summed E-state index contributed by atoms with van der Waals surface area (Å²) in [7, 11) is 5.47. The van der Waals surface area contributed by atoms with E-state index in [0.717, 1.165) is 30.0 Å².